The third-order valence-electron chi connectivity index (χ3n) is 6.30. The summed E-state index contributed by atoms with van der Waals surface area (Å²) in [6, 6.07) is 9.88. The second-order valence-electron chi connectivity index (χ2n) is 7.81. The Morgan fingerprint density at radius 3 is 2.61 bits per heavy atom. The van der Waals surface area contributed by atoms with Gasteiger partial charge in [0, 0.05) is 23.2 Å². The molecule has 2 N–H and O–H groups in total. The minimum Gasteiger partial charge on any atom is -0.461 e. The van der Waals surface area contributed by atoms with E-state index < -0.39 is 0 Å². The van der Waals surface area contributed by atoms with E-state index in [-0.39, 0.29) is 5.78 Å². The van der Waals surface area contributed by atoms with Gasteiger partial charge in [-0.2, -0.15) is 0 Å². The van der Waals surface area contributed by atoms with Crippen molar-refractivity contribution >= 4 is 16.7 Å². The third kappa shape index (κ3) is 3.35. The van der Waals surface area contributed by atoms with Gasteiger partial charge in [0.1, 0.15) is 0 Å². The highest BCUT2D eigenvalue weighted by molar-refractivity contribution is 6.09. The van der Waals surface area contributed by atoms with Gasteiger partial charge in [0.2, 0.25) is 5.78 Å². The zero-order valence-electron chi connectivity index (χ0n) is 16.7. The number of hydrogen-bond acceptors (Lipinski definition) is 4. The SMILES string of the molecule is CCC(CC)N1CCC(c2cn(N)c3ccc(C(=O)c4ccco4)cc23)CC1. The molecule has 1 aliphatic heterocycles. The molecule has 0 saturated carbocycles. The number of benzene rings is 1. The van der Waals surface area contributed by atoms with E-state index in [1.54, 1.807) is 16.8 Å². The molecule has 5 heteroatoms. The molecule has 0 spiro atoms. The quantitative estimate of drug-likeness (QED) is 0.504. The first-order chi connectivity index (χ1) is 13.6. The number of nitrogens with two attached hydrogens (primary N) is 1. The average molecular weight is 380 g/mol. The van der Waals surface area contributed by atoms with Gasteiger partial charge in [-0.25, -0.2) is 0 Å². The van der Waals surface area contributed by atoms with E-state index in [1.807, 2.05) is 24.4 Å². The van der Waals surface area contributed by atoms with Crippen molar-refractivity contribution < 1.29 is 9.21 Å². The Hall–Kier alpha value is -2.53. The number of nitrogen functional groups attached to an aromatic ring is 1. The maximum absolute atomic E-state index is 12.7. The van der Waals surface area contributed by atoms with E-state index in [0.29, 0.717) is 23.3 Å². The largest absolute Gasteiger partial charge is 0.461 e. The zero-order valence-corrected chi connectivity index (χ0v) is 16.7. The van der Waals surface area contributed by atoms with Crippen LogP contribution < -0.4 is 5.84 Å². The molecule has 1 aromatic carbocycles. The number of rotatable bonds is 6. The Labute approximate surface area is 166 Å². The minimum absolute atomic E-state index is 0.0915. The van der Waals surface area contributed by atoms with E-state index in [2.05, 4.69) is 18.7 Å². The van der Waals surface area contributed by atoms with Gasteiger partial charge in [-0.3, -0.25) is 9.47 Å². The van der Waals surface area contributed by atoms with Gasteiger partial charge in [0.05, 0.1) is 11.8 Å². The predicted octanol–water partition coefficient (Wildman–Crippen LogP) is 4.55. The van der Waals surface area contributed by atoms with Crippen LogP contribution in [0.2, 0.25) is 0 Å². The number of likely N-dealkylation sites (tertiary alicyclic amines) is 1. The summed E-state index contributed by atoms with van der Waals surface area (Å²) in [5, 5.41) is 1.08. The first-order valence-electron chi connectivity index (χ1n) is 10.3. The summed E-state index contributed by atoms with van der Waals surface area (Å²) >= 11 is 0. The fraction of sp³-hybridized carbons (Fsp3) is 0.435. The smallest absolute Gasteiger partial charge is 0.228 e. The Bertz CT molecular complexity index is 946. The van der Waals surface area contributed by atoms with Crippen LogP contribution in [0.5, 0.6) is 0 Å². The van der Waals surface area contributed by atoms with Crippen molar-refractivity contribution in [3.05, 3.63) is 59.7 Å². The van der Waals surface area contributed by atoms with Crippen LogP contribution in [-0.2, 0) is 0 Å². The second kappa shape index (κ2) is 7.84. The summed E-state index contributed by atoms with van der Waals surface area (Å²) in [7, 11) is 0. The van der Waals surface area contributed by atoms with Crippen LogP contribution in [0.25, 0.3) is 10.9 Å². The number of nitrogens with zero attached hydrogens (tertiary/aromatic N) is 2. The number of carbonyl (C=O) groups excluding carboxylic acids is 1. The van der Waals surface area contributed by atoms with E-state index in [4.69, 9.17) is 10.3 Å². The van der Waals surface area contributed by atoms with E-state index in [1.165, 1.54) is 24.7 Å². The lowest BCUT2D eigenvalue weighted by atomic mass is 9.88. The first kappa shape index (κ1) is 18.8. The summed E-state index contributed by atoms with van der Waals surface area (Å²) in [5.74, 6) is 6.98. The molecule has 0 atom stereocenters. The van der Waals surface area contributed by atoms with E-state index in [0.717, 1.165) is 36.8 Å². The summed E-state index contributed by atoms with van der Waals surface area (Å²) < 4.78 is 6.98. The maximum atomic E-state index is 12.7. The highest BCUT2D eigenvalue weighted by atomic mass is 16.3. The van der Waals surface area contributed by atoms with Gasteiger partial charge >= 0.3 is 0 Å². The van der Waals surface area contributed by atoms with Gasteiger partial charge in [0.15, 0.2) is 5.76 Å². The van der Waals surface area contributed by atoms with Crippen LogP contribution >= 0.6 is 0 Å². The maximum Gasteiger partial charge on any atom is 0.228 e. The number of fused-ring (bicyclic) bond motifs is 1. The van der Waals surface area contributed by atoms with Crippen LogP contribution in [0.15, 0.2) is 47.2 Å². The Morgan fingerprint density at radius 1 is 1.21 bits per heavy atom. The Kier molecular flexibility index (Phi) is 5.27. The summed E-state index contributed by atoms with van der Waals surface area (Å²) in [6.07, 6.45) is 8.26. The van der Waals surface area contributed by atoms with Gasteiger partial charge in [-0.1, -0.05) is 13.8 Å². The summed E-state index contributed by atoms with van der Waals surface area (Å²) in [6.45, 7) is 6.80. The third-order valence-corrected chi connectivity index (χ3v) is 6.30. The topological polar surface area (TPSA) is 64.4 Å². The predicted molar refractivity (Wildman–Crippen MR) is 112 cm³/mol. The van der Waals surface area contributed by atoms with Crippen molar-refractivity contribution in [3.63, 3.8) is 0 Å². The summed E-state index contributed by atoms with van der Waals surface area (Å²) in [4.78, 5) is 15.3. The lowest BCUT2D eigenvalue weighted by Gasteiger charge is -2.37. The summed E-state index contributed by atoms with van der Waals surface area (Å²) in [5.41, 5.74) is 2.87. The highest BCUT2D eigenvalue weighted by Crippen LogP contribution is 2.35. The zero-order chi connectivity index (χ0) is 19.7. The molecule has 0 unspecified atom stereocenters. The van der Waals surface area contributed by atoms with Gasteiger partial charge in [0.25, 0.3) is 0 Å². The standard InChI is InChI=1S/C23H29N3O2/c1-3-18(4-2)25-11-9-16(10-12-25)20-15-26(24)21-8-7-17(14-19(20)21)23(27)22-6-5-13-28-22/h5-8,13-16,18H,3-4,9-12,24H2,1-2H3. The number of furan rings is 1. The molecule has 1 saturated heterocycles. The van der Waals surface area contributed by atoms with E-state index >= 15 is 0 Å². The molecule has 0 radical (unpaired) electrons. The average Bonchev–Trinajstić information content (AvgIpc) is 3.37. The van der Waals surface area contributed by atoms with E-state index in [9.17, 15) is 4.79 Å². The van der Waals surface area contributed by atoms with Gasteiger partial charge in [-0.05, 0) is 80.6 Å². The van der Waals surface area contributed by atoms with Gasteiger partial charge < -0.3 is 15.2 Å². The second-order valence-corrected chi connectivity index (χ2v) is 7.81. The fourth-order valence-corrected chi connectivity index (χ4v) is 4.68. The molecule has 28 heavy (non-hydrogen) atoms. The van der Waals surface area contributed by atoms with Crippen LogP contribution in [0.4, 0.5) is 0 Å². The van der Waals surface area contributed by atoms with Crippen LogP contribution in [0, 0.1) is 0 Å². The Morgan fingerprint density at radius 2 is 1.96 bits per heavy atom. The van der Waals surface area contributed by atoms with Crippen molar-refractivity contribution in [1.82, 2.24) is 9.58 Å². The van der Waals surface area contributed by atoms with Gasteiger partial charge in [-0.15, -0.1) is 0 Å². The number of hydrogen-bond donors (Lipinski definition) is 1. The fourth-order valence-electron chi connectivity index (χ4n) is 4.68. The van der Waals surface area contributed by atoms with Crippen molar-refractivity contribution in [3.8, 4) is 0 Å². The molecule has 5 nitrogen and oxygen atoms in total. The normalized spacial score (nSPS) is 16.2. The Balaban J connectivity index is 1.61. The number of ketones is 1. The van der Waals surface area contributed by atoms with Crippen molar-refractivity contribution in [2.75, 3.05) is 18.9 Å². The molecule has 4 rings (SSSR count). The highest BCUT2D eigenvalue weighted by Gasteiger charge is 2.26. The van der Waals surface area contributed by atoms with Crippen molar-refractivity contribution in [1.29, 1.82) is 0 Å². The monoisotopic (exact) mass is 379 g/mol. The molecule has 0 amide bonds. The van der Waals surface area contributed by atoms with Crippen molar-refractivity contribution in [2.45, 2.75) is 51.5 Å². The first-order valence-corrected chi connectivity index (χ1v) is 10.3. The molecule has 0 bridgehead atoms. The molecule has 2 aromatic heterocycles. The van der Waals surface area contributed by atoms with Crippen LogP contribution in [0.1, 0.15) is 67.1 Å². The molecule has 0 aliphatic carbocycles. The lowest BCUT2D eigenvalue weighted by molar-refractivity contribution is 0.101. The molecule has 1 aliphatic rings. The molecule has 1 fully saturated rings. The van der Waals surface area contributed by atoms with Crippen LogP contribution in [0.3, 0.4) is 0 Å². The number of piperidine rings is 1. The number of aromatic nitrogens is 1. The van der Waals surface area contributed by atoms with Crippen LogP contribution in [-0.4, -0.2) is 34.5 Å². The molecule has 3 aromatic rings. The number of carbonyl (C=O) groups is 1. The molecule has 3 heterocycles. The molecular weight excluding hydrogens is 350 g/mol. The molecule has 148 valence electrons. The molecular formula is C23H29N3O2. The lowest BCUT2D eigenvalue weighted by Crippen LogP contribution is -2.40. The van der Waals surface area contributed by atoms with Crippen molar-refractivity contribution in [2.24, 2.45) is 0 Å². The minimum atomic E-state index is -0.0915.